The van der Waals surface area contributed by atoms with E-state index in [9.17, 15) is 18.0 Å². The monoisotopic (exact) mass is 814 g/mol. The molecule has 0 aromatic heterocycles. The van der Waals surface area contributed by atoms with Crippen LogP contribution in [0.25, 0.3) is 0 Å². The number of esters is 2. The molecule has 0 spiro atoms. The molecule has 304 valence electrons. The summed E-state index contributed by atoms with van der Waals surface area (Å²) in [7, 11) is -4.06. The zero-order valence-electron chi connectivity index (χ0n) is 33.0. The number of carbonyl (C=O) groups excluding carboxylic acids is 2. The Labute approximate surface area is 345 Å². The van der Waals surface area contributed by atoms with E-state index in [0.717, 1.165) is 22.3 Å². The molecule has 59 heavy (non-hydrogen) atoms. The van der Waals surface area contributed by atoms with Gasteiger partial charge in [-0.2, -0.15) is 0 Å². The van der Waals surface area contributed by atoms with E-state index in [2.05, 4.69) is 0 Å². The molecule has 0 amide bonds. The Kier molecular flexibility index (Phi) is 14.8. The molecule has 6 aromatic rings. The second-order valence-electron chi connectivity index (χ2n) is 13.5. The summed E-state index contributed by atoms with van der Waals surface area (Å²) in [5.41, 5.74) is 4.11. The van der Waals surface area contributed by atoms with Crippen molar-refractivity contribution in [1.29, 1.82) is 0 Å². The number of rotatable bonds is 20. The Bertz CT molecular complexity index is 2240. The standard InChI is InChI=1S/C48H46O10S/c1-3-53-47(49)41-27-43(55-29-35-17-9-5-10-18-35)39(25-45(41)57-31-37-21-13-7-14-22-37)33-59(51,52)34-40-26-46(58-32-38-23-15-8-16-24-38)42(48(50)54-4-2)28-44(40)56-30-36-19-11-6-12-20-36/h5-28H,3-4,29-34H2,1-2H3. The van der Waals surface area contributed by atoms with Crippen molar-refractivity contribution < 1.29 is 46.4 Å². The van der Waals surface area contributed by atoms with Gasteiger partial charge in [-0.05, 0) is 60.4 Å². The molecule has 0 N–H and O–H groups in total. The third kappa shape index (κ3) is 12.2. The highest BCUT2D eigenvalue weighted by molar-refractivity contribution is 7.89. The fraction of sp³-hybridized carbons (Fsp3) is 0.208. The molecule has 10 nitrogen and oxygen atoms in total. The van der Waals surface area contributed by atoms with E-state index in [1.807, 2.05) is 121 Å². The van der Waals surface area contributed by atoms with E-state index < -0.39 is 33.3 Å². The first kappa shape index (κ1) is 42.0. The number of benzene rings is 6. The van der Waals surface area contributed by atoms with Crippen molar-refractivity contribution in [3.63, 3.8) is 0 Å². The Balaban J connectivity index is 1.39. The minimum atomic E-state index is -4.06. The van der Waals surface area contributed by atoms with Crippen LogP contribution in [0.5, 0.6) is 23.0 Å². The van der Waals surface area contributed by atoms with Crippen LogP contribution >= 0.6 is 0 Å². The van der Waals surface area contributed by atoms with Crippen molar-refractivity contribution in [2.75, 3.05) is 13.2 Å². The van der Waals surface area contributed by atoms with Gasteiger partial charge >= 0.3 is 11.9 Å². The van der Waals surface area contributed by atoms with Gasteiger partial charge in [0.25, 0.3) is 0 Å². The molecule has 0 unspecified atom stereocenters. The van der Waals surface area contributed by atoms with Crippen LogP contribution in [0.15, 0.2) is 146 Å². The predicted octanol–water partition coefficient (Wildman–Crippen LogP) is 9.47. The number of carbonyl (C=O) groups is 2. The molecule has 0 aliphatic rings. The molecule has 0 fully saturated rings. The van der Waals surface area contributed by atoms with E-state index in [1.54, 1.807) is 13.8 Å². The van der Waals surface area contributed by atoms with Crippen LogP contribution in [0.3, 0.4) is 0 Å². The predicted molar refractivity (Wildman–Crippen MR) is 224 cm³/mol. The molecule has 0 bridgehead atoms. The molecule has 0 radical (unpaired) electrons. The maximum Gasteiger partial charge on any atom is 0.342 e. The first-order chi connectivity index (χ1) is 28.7. The lowest BCUT2D eigenvalue weighted by Crippen LogP contribution is -2.14. The number of hydrogen-bond donors (Lipinski definition) is 0. The van der Waals surface area contributed by atoms with E-state index in [1.165, 1.54) is 24.3 Å². The van der Waals surface area contributed by atoms with Gasteiger partial charge in [0.05, 0.1) is 24.7 Å². The summed E-state index contributed by atoms with van der Waals surface area (Å²) in [4.78, 5) is 26.6. The molecule has 0 atom stereocenters. The maximum atomic E-state index is 14.5. The van der Waals surface area contributed by atoms with Crippen LogP contribution in [0.1, 0.15) is 67.9 Å². The van der Waals surface area contributed by atoms with Gasteiger partial charge in [0.2, 0.25) is 0 Å². The van der Waals surface area contributed by atoms with E-state index in [0.29, 0.717) is 0 Å². The molecule has 0 aliphatic carbocycles. The quantitative estimate of drug-likeness (QED) is 0.0689. The van der Waals surface area contributed by atoms with Crippen LogP contribution in [-0.2, 0) is 57.2 Å². The smallest absolute Gasteiger partial charge is 0.342 e. The largest absolute Gasteiger partial charge is 0.489 e. The Morgan fingerprint density at radius 3 is 1.00 bits per heavy atom. The topological polar surface area (TPSA) is 124 Å². The van der Waals surface area contributed by atoms with Gasteiger partial charge in [-0.1, -0.05) is 121 Å². The third-order valence-corrected chi connectivity index (χ3v) is 10.5. The van der Waals surface area contributed by atoms with Crippen LogP contribution in [0, 0.1) is 0 Å². The molecule has 6 aromatic carbocycles. The summed E-state index contributed by atoms with van der Waals surface area (Å²) in [5, 5.41) is 0. The SMILES string of the molecule is CCOC(=O)c1cc(OCc2ccccc2)c(CS(=O)(=O)Cc2cc(OCc3ccccc3)c(C(=O)OCC)cc2OCc2ccccc2)cc1OCc1ccccc1. The van der Waals surface area contributed by atoms with Crippen molar-refractivity contribution >= 4 is 21.8 Å². The molecule has 6 rings (SSSR count). The Morgan fingerprint density at radius 1 is 0.424 bits per heavy atom. The lowest BCUT2D eigenvalue weighted by Gasteiger charge is -2.19. The summed E-state index contributed by atoms with van der Waals surface area (Å²) in [5.74, 6) is -1.63. The van der Waals surface area contributed by atoms with Gasteiger partial charge in [0.15, 0.2) is 9.84 Å². The molecular weight excluding hydrogens is 769 g/mol. The van der Waals surface area contributed by atoms with Crippen LogP contribution in [0.2, 0.25) is 0 Å². The van der Waals surface area contributed by atoms with Crippen molar-refractivity contribution in [3.8, 4) is 23.0 Å². The molecule has 11 heteroatoms. The van der Waals surface area contributed by atoms with Gasteiger partial charge in [-0.15, -0.1) is 0 Å². The van der Waals surface area contributed by atoms with Gasteiger partial charge in [-0.3, -0.25) is 0 Å². The summed E-state index contributed by atoms with van der Waals surface area (Å²) < 4.78 is 64.6. The summed E-state index contributed by atoms with van der Waals surface area (Å²) in [6.07, 6.45) is 0. The fourth-order valence-corrected chi connectivity index (χ4v) is 7.64. The van der Waals surface area contributed by atoms with Crippen molar-refractivity contribution in [2.24, 2.45) is 0 Å². The Hall–Kier alpha value is -6.59. The van der Waals surface area contributed by atoms with Crippen LogP contribution in [-0.4, -0.2) is 33.6 Å². The number of ether oxygens (including phenoxy) is 6. The van der Waals surface area contributed by atoms with E-state index in [-0.39, 0.29) is 84.9 Å². The first-order valence-corrected chi connectivity index (χ1v) is 21.1. The number of sulfone groups is 1. The average molecular weight is 815 g/mol. The first-order valence-electron chi connectivity index (χ1n) is 19.3. The minimum Gasteiger partial charge on any atom is -0.489 e. The molecule has 0 saturated heterocycles. The average Bonchev–Trinajstić information content (AvgIpc) is 3.25. The highest BCUT2D eigenvalue weighted by atomic mass is 32.2. The number of hydrogen-bond acceptors (Lipinski definition) is 10. The van der Waals surface area contributed by atoms with Crippen molar-refractivity contribution in [1.82, 2.24) is 0 Å². The van der Waals surface area contributed by atoms with Crippen molar-refractivity contribution in [3.05, 3.63) is 190 Å². The molecule has 0 heterocycles. The van der Waals surface area contributed by atoms with E-state index in [4.69, 9.17) is 28.4 Å². The Morgan fingerprint density at radius 2 is 0.712 bits per heavy atom. The minimum absolute atomic E-state index is 0.0957. The zero-order valence-corrected chi connectivity index (χ0v) is 33.8. The fourth-order valence-electron chi connectivity index (χ4n) is 6.14. The second-order valence-corrected chi connectivity index (χ2v) is 15.5. The van der Waals surface area contributed by atoms with Crippen LogP contribution in [0.4, 0.5) is 0 Å². The van der Waals surface area contributed by atoms with E-state index >= 15 is 0 Å². The lowest BCUT2D eigenvalue weighted by atomic mass is 10.1. The summed E-state index contributed by atoms with van der Waals surface area (Å²) >= 11 is 0. The highest BCUT2D eigenvalue weighted by Gasteiger charge is 2.26. The van der Waals surface area contributed by atoms with Gasteiger partial charge in [0.1, 0.15) is 60.6 Å². The normalized spacial score (nSPS) is 11.0. The molecule has 0 aliphatic heterocycles. The highest BCUT2D eigenvalue weighted by Crippen LogP contribution is 2.36. The maximum absolute atomic E-state index is 14.5. The van der Waals surface area contributed by atoms with Gasteiger partial charge in [-0.25, -0.2) is 18.0 Å². The van der Waals surface area contributed by atoms with Crippen molar-refractivity contribution in [2.45, 2.75) is 51.8 Å². The summed E-state index contributed by atoms with van der Waals surface area (Å²) in [6.45, 7) is 4.08. The molecule has 0 saturated carbocycles. The lowest BCUT2D eigenvalue weighted by molar-refractivity contribution is 0.0510. The summed E-state index contributed by atoms with van der Waals surface area (Å²) in [6, 6.07) is 43.6. The third-order valence-electron chi connectivity index (χ3n) is 9.02. The second kappa shape index (κ2) is 20.7. The van der Waals surface area contributed by atoms with Crippen LogP contribution < -0.4 is 18.9 Å². The van der Waals surface area contributed by atoms with Gasteiger partial charge < -0.3 is 28.4 Å². The zero-order chi connectivity index (χ0) is 41.5. The molecular formula is C48H46O10S. The van der Waals surface area contributed by atoms with Gasteiger partial charge in [0, 0.05) is 11.1 Å².